The summed E-state index contributed by atoms with van der Waals surface area (Å²) in [6.07, 6.45) is 5.57. The van der Waals surface area contributed by atoms with Crippen LogP contribution in [0.4, 0.5) is 0 Å². The molecule has 0 spiro atoms. The number of fused-ring (bicyclic) bond motifs is 2. The van der Waals surface area contributed by atoms with Gasteiger partial charge in [0.25, 0.3) is 0 Å². The highest BCUT2D eigenvalue weighted by atomic mass is 32.1. The van der Waals surface area contributed by atoms with E-state index in [-0.39, 0.29) is 0 Å². The van der Waals surface area contributed by atoms with Crippen LogP contribution in [0.2, 0.25) is 0 Å². The van der Waals surface area contributed by atoms with Crippen LogP contribution in [0.1, 0.15) is 9.75 Å². The first-order valence-electron chi connectivity index (χ1n) is 6.34. The highest BCUT2D eigenvalue weighted by molar-refractivity contribution is 7.19. The minimum atomic E-state index is 1.14. The molecule has 0 aliphatic carbocycles. The van der Waals surface area contributed by atoms with Crippen LogP contribution >= 0.6 is 22.7 Å². The Morgan fingerprint density at radius 2 is 1.70 bits per heavy atom. The molecule has 4 heterocycles. The van der Waals surface area contributed by atoms with Gasteiger partial charge in [-0.05, 0) is 43.5 Å². The smallest absolute Gasteiger partial charge is 0.123 e. The molecule has 0 saturated carbocycles. The molecule has 2 nitrogen and oxygen atoms in total. The quantitative estimate of drug-likeness (QED) is 0.445. The number of hydrogen-bond acceptors (Lipinski definition) is 4. The third-order valence-corrected chi connectivity index (χ3v) is 4.84. The standard InChI is InChI=1S/2C8H7NS/c1-6-4-7-2-3-9-5-8(7)10-6;1-6-5-7-3-2-4-9-8(7)10-6/h2*2-5H,1H3. The molecule has 4 aromatic heterocycles. The number of aryl methyl sites for hydroxylation is 2. The van der Waals surface area contributed by atoms with Crippen molar-refractivity contribution in [2.75, 3.05) is 0 Å². The van der Waals surface area contributed by atoms with E-state index in [9.17, 15) is 0 Å². The van der Waals surface area contributed by atoms with Gasteiger partial charge in [0.2, 0.25) is 0 Å². The maximum absolute atomic E-state index is 4.22. The van der Waals surface area contributed by atoms with E-state index in [1.807, 2.05) is 30.7 Å². The van der Waals surface area contributed by atoms with Gasteiger partial charge in [-0.3, -0.25) is 4.98 Å². The van der Waals surface area contributed by atoms with Crippen LogP contribution in [0.15, 0.2) is 48.9 Å². The van der Waals surface area contributed by atoms with E-state index < -0.39 is 0 Å². The Balaban J connectivity index is 0.000000121. The molecule has 20 heavy (non-hydrogen) atoms. The minimum absolute atomic E-state index is 1.14. The molecule has 4 aromatic rings. The van der Waals surface area contributed by atoms with Gasteiger partial charge in [0, 0.05) is 33.7 Å². The molecule has 0 atom stereocenters. The van der Waals surface area contributed by atoms with Gasteiger partial charge in [-0.2, -0.15) is 0 Å². The van der Waals surface area contributed by atoms with Crippen LogP contribution in [0.5, 0.6) is 0 Å². The van der Waals surface area contributed by atoms with Gasteiger partial charge in [-0.1, -0.05) is 6.07 Å². The average Bonchev–Trinajstić information content (AvgIpc) is 2.99. The lowest BCUT2D eigenvalue weighted by Gasteiger charge is -1.81. The molecular formula is C16H14N2S2. The van der Waals surface area contributed by atoms with E-state index in [0.29, 0.717) is 0 Å². The summed E-state index contributed by atoms with van der Waals surface area (Å²) >= 11 is 3.53. The van der Waals surface area contributed by atoms with E-state index in [0.717, 1.165) is 4.83 Å². The highest BCUT2D eigenvalue weighted by Gasteiger charge is 1.95. The maximum atomic E-state index is 4.22. The Hall–Kier alpha value is -1.78. The Labute approximate surface area is 125 Å². The summed E-state index contributed by atoms with van der Waals surface area (Å²) < 4.78 is 1.28. The van der Waals surface area contributed by atoms with E-state index in [2.05, 4.69) is 42.0 Å². The van der Waals surface area contributed by atoms with Gasteiger partial charge in [-0.25, -0.2) is 4.98 Å². The summed E-state index contributed by atoms with van der Waals surface area (Å²) in [6.45, 7) is 4.22. The molecule has 0 bridgehead atoms. The van der Waals surface area contributed by atoms with Crippen molar-refractivity contribution in [1.82, 2.24) is 9.97 Å². The number of hydrogen-bond donors (Lipinski definition) is 0. The lowest BCUT2D eigenvalue weighted by Crippen LogP contribution is -1.65. The van der Waals surface area contributed by atoms with Crippen molar-refractivity contribution in [2.24, 2.45) is 0 Å². The van der Waals surface area contributed by atoms with Crippen LogP contribution in [-0.4, -0.2) is 9.97 Å². The van der Waals surface area contributed by atoms with Crippen LogP contribution < -0.4 is 0 Å². The summed E-state index contributed by atoms with van der Waals surface area (Å²) in [7, 11) is 0. The lowest BCUT2D eigenvalue weighted by molar-refractivity contribution is 1.37. The molecule has 0 saturated heterocycles. The fraction of sp³-hybridized carbons (Fsp3) is 0.125. The van der Waals surface area contributed by atoms with Crippen LogP contribution in [0.25, 0.3) is 20.3 Å². The van der Waals surface area contributed by atoms with Crippen molar-refractivity contribution in [2.45, 2.75) is 13.8 Å². The summed E-state index contributed by atoms with van der Waals surface area (Å²) in [4.78, 5) is 12.1. The Bertz CT molecular complexity index is 708. The van der Waals surface area contributed by atoms with Gasteiger partial charge in [0.1, 0.15) is 4.83 Å². The van der Waals surface area contributed by atoms with Crippen molar-refractivity contribution in [3.05, 3.63) is 58.7 Å². The second kappa shape index (κ2) is 5.69. The first-order chi connectivity index (χ1) is 9.72. The summed E-state index contributed by atoms with van der Waals surface area (Å²) in [5.41, 5.74) is 0. The zero-order valence-electron chi connectivity index (χ0n) is 11.3. The second-order valence-corrected chi connectivity index (χ2v) is 7.05. The molecule has 4 rings (SSSR count). The summed E-state index contributed by atoms with van der Waals surface area (Å²) in [6, 6.07) is 10.4. The third-order valence-electron chi connectivity index (χ3n) is 2.86. The molecular weight excluding hydrogens is 284 g/mol. The fourth-order valence-electron chi connectivity index (χ4n) is 2.02. The molecule has 0 fully saturated rings. The van der Waals surface area contributed by atoms with Crippen molar-refractivity contribution in [3.63, 3.8) is 0 Å². The molecule has 0 radical (unpaired) electrons. The van der Waals surface area contributed by atoms with Crippen molar-refractivity contribution >= 4 is 43.0 Å². The first kappa shape index (κ1) is 13.2. The van der Waals surface area contributed by atoms with Crippen LogP contribution in [0.3, 0.4) is 0 Å². The van der Waals surface area contributed by atoms with Crippen molar-refractivity contribution < 1.29 is 0 Å². The average molecular weight is 298 g/mol. The molecule has 100 valence electrons. The summed E-state index contributed by atoms with van der Waals surface area (Å²) in [5, 5.41) is 2.56. The Kier molecular flexibility index (Phi) is 3.76. The second-order valence-electron chi connectivity index (χ2n) is 4.53. The van der Waals surface area contributed by atoms with E-state index >= 15 is 0 Å². The fourth-order valence-corrected chi connectivity index (χ4v) is 3.76. The normalized spacial score (nSPS) is 10.5. The minimum Gasteiger partial charge on any atom is -0.263 e. The maximum Gasteiger partial charge on any atom is 0.123 e. The van der Waals surface area contributed by atoms with Crippen LogP contribution in [0, 0.1) is 13.8 Å². The van der Waals surface area contributed by atoms with Crippen molar-refractivity contribution in [3.8, 4) is 0 Å². The van der Waals surface area contributed by atoms with E-state index in [1.54, 1.807) is 22.7 Å². The molecule has 0 unspecified atom stereocenters. The first-order valence-corrected chi connectivity index (χ1v) is 7.97. The number of pyridine rings is 2. The molecule has 0 amide bonds. The number of aromatic nitrogens is 2. The molecule has 0 aliphatic heterocycles. The predicted molar refractivity (Wildman–Crippen MR) is 88.7 cm³/mol. The number of thiophene rings is 2. The van der Waals surface area contributed by atoms with Crippen molar-refractivity contribution in [1.29, 1.82) is 0 Å². The zero-order valence-corrected chi connectivity index (χ0v) is 13.0. The highest BCUT2D eigenvalue weighted by Crippen LogP contribution is 2.23. The molecule has 4 heteroatoms. The predicted octanol–water partition coefficient (Wildman–Crippen LogP) is 5.21. The van der Waals surface area contributed by atoms with Crippen LogP contribution in [-0.2, 0) is 0 Å². The largest absolute Gasteiger partial charge is 0.263 e. The SMILES string of the molecule is Cc1cc2cccnc2s1.Cc1cc2ccncc2s1. The zero-order chi connectivity index (χ0) is 13.9. The van der Waals surface area contributed by atoms with E-state index in [1.165, 1.54) is 25.2 Å². The third kappa shape index (κ3) is 2.86. The van der Waals surface area contributed by atoms with Gasteiger partial charge < -0.3 is 0 Å². The molecule has 0 aromatic carbocycles. The topological polar surface area (TPSA) is 25.8 Å². The summed E-state index contributed by atoms with van der Waals surface area (Å²) in [5.74, 6) is 0. The number of nitrogens with zero attached hydrogens (tertiary/aromatic N) is 2. The van der Waals surface area contributed by atoms with Gasteiger partial charge in [0.05, 0.1) is 4.70 Å². The number of rotatable bonds is 0. The Morgan fingerprint density at radius 3 is 2.50 bits per heavy atom. The van der Waals surface area contributed by atoms with E-state index in [4.69, 9.17) is 0 Å². The molecule has 0 N–H and O–H groups in total. The van der Waals surface area contributed by atoms with Gasteiger partial charge >= 0.3 is 0 Å². The lowest BCUT2D eigenvalue weighted by atomic mass is 10.3. The van der Waals surface area contributed by atoms with Gasteiger partial charge in [0.15, 0.2) is 0 Å². The molecule has 0 aliphatic rings. The van der Waals surface area contributed by atoms with Gasteiger partial charge in [-0.15, -0.1) is 22.7 Å². The monoisotopic (exact) mass is 298 g/mol. The Morgan fingerprint density at radius 1 is 0.900 bits per heavy atom.